The van der Waals surface area contributed by atoms with Crippen LogP contribution in [0.5, 0.6) is 11.5 Å². The number of benzene rings is 1. The van der Waals surface area contributed by atoms with E-state index >= 15 is 0 Å². The van der Waals surface area contributed by atoms with Gasteiger partial charge in [-0.05, 0) is 51.0 Å². The van der Waals surface area contributed by atoms with E-state index in [1.54, 1.807) is 20.3 Å². The van der Waals surface area contributed by atoms with Crippen LogP contribution in [0.2, 0.25) is 0 Å². The van der Waals surface area contributed by atoms with Gasteiger partial charge < -0.3 is 14.2 Å². The molecule has 0 fully saturated rings. The van der Waals surface area contributed by atoms with Crippen molar-refractivity contribution >= 4 is 5.97 Å². The Morgan fingerprint density at radius 1 is 1.19 bits per heavy atom. The van der Waals surface area contributed by atoms with E-state index in [1.165, 1.54) is 6.08 Å². The van der Waals surface area contributed by atoms with Gasteiger partial charge in [0.2, 0.25) is 0 Å². The van der Waals surface area contributed by atoms with Crippen LogP contribution in [0.3, 0.4) is 0 Å². The second kappa shape index (κ2) is 7.55. The molecular formula is C17H22O4. The summed E-state index contributed by atoms with van der Waals surface area (Å²) in [6.07, 6.45) is 3.71. The molecule has 0 saturated carbocycles. The maximum Gasteiger partial charge on any atom is 0.339 e. The summed E-state index contributed by atoms with van der Waals surface area (Å²) in [4.78, 5) is 11.5. The van der Waals surface area contributed by atoms with Crippen molar-refractivity contribution in [2.24, 2.45) is 0 Å². The molecule has 1 aromatic carbocycles. The molecule has 0 unspecified atom stereocenters. The third-order valence-electron chi connectivity index (χ3n) is 2.51. The van der Waals surface area contributed by atoms with Gasteiger partial charge in [-0.1, -0.05) is 6.07 Å². The van der Waals surface area contributed by atoms with Gasteiger partial charge in [0.05, 0.1) is 20.3 Å². The van der Waals surface area contributed by atoms with Gasteiger partial charge in [-0.15, -0.1) is 5.73 Å². The molecule has 0 aliphatic heterocycles. The summed E-state index contributed by atoms with van der Waals surface area (Å²) in [6.45, 7) is 5.48. The van der Waals surface area contributed by atoms with Crippen LogP contribution in [0.25, 0.3) is 0 Å². The molecule has 1 rings (SSSR count). The minimum absolute atomic E-state index is 0.397. The lowest BCUT2D eigenvalue weighted by Crippen LogP contribution is -2.22. The van der Waals surface area contributed by atoms with Gasteiger partial charge >= 0.3 is 5.97 Å². The smallest absolute Gasteiger partial charge is 0.339 e. The third kappa shape index (κ3) is 6.19. The molecule has 0 amide bonds. The molecule has 21 heavy (non-hydrogen) atoms. The topological polar surface area (TPSA) is 44.8 Å². The van der Waals surface area contributed by atoms with Gasteiger partial charge in [0, 0.05) is 0 Å². The Morgan fingerprint density at radius 3 is 2.43 bits per heavy atom. The maximum atomic E-state index is 11.5. The second-order valence-electron chi connectivity index (χ2n) is 5.44. The van der Waals surface area contributed by atoms with Crippen LogP contribution in [-0.2, 0) is 16.0 Å². The number of methoxy groups -OCH3 is 2. The average molecular weight is 290 g/mol. The predicted molar refractivity (Wildman–Crippen MR) is 81.7 cm³/mol. The fourth-order valence-electron chi connectivity index (χ4n) is 1.64. The zero-order valence-electron chi connectivity index (χ0n) is 13.2. The minimum atomic E-state index is -0.487. The average Bonchev–Trinajstić information content (AvgIpc) is 2.41. The van der Waals surface area contributed by atoms with Gasteiger partial charge in [0.1, 0.15) is 5.60 Å². The molecule has 0 aliphatic rings. The number of hydrogen-bond donors (Lipinski definition) is 0. The number of rotatable bonds is 5. The van der Waals surface area contributed by atoms with E-state index in [-0.39, 0.29) is 0 Å². The first-order chi connectivity index (χ1) is 9.85. The van der Waals surface area contributed by atoms with E-state index in [0.717, 1.165) is 5.56 Å². The number of esters is 1. The Morgan fingerprint density at radius 2 is 1.86 bits per heavy atom. The van der Waals surface area contributed by atoms with Gasteiger partial charge in [-0.2, -0.15) is 0 Å². The molecule has 0 N–H and O–H groups in total. The van der Waals surface area contributed by atoms with Gasteiger partial charge in [-0.3, -0.25) is 0 Å². The fraction of sp³-hybridized carbons (Fsp3) is 0.412. The number of carbonyl (C=O) groups excluding carboxylic acids is 1. The summed E-state index contributed by atoms with van der Waals surface area (Å²) in [5, 5.41) is 0. The van der Waals surface area contributed by atoms with Crippen LogP contribution < -0.4 is 9.47 Å². The summed E-state index contributed by atoms with van der Waals surface area (Å²) in [5.41, 5.74) is 3.38. The lowest BCUT2D eigenvalue weighted by atomic mass is 10.1. The molecule has 1 aromatic rings. The lowest BCUT2D eigenvalue weighted by Gasteiger charge is -2.17. The highest BCUT2D eigenvalue weighted by Crippen LogP contribution is 2.27. The summed E-state index contributed by atoms with van der Waals surface area (Å²) in [5.74, 6) is 0.972. The van der Waals surface area contributed by atoms with Crippen molar-refractivity contribution < 1.29 is 19.0 Å². The van der Waals surface area contributed by atoms with E-state index in [1.807, 2.05) is 39.0 Å². The molecule has 0 aromatic heterocycles. The van der Waals surface area contributed by atoms with E-state index in [2.05, 4.69) is 5.73 Å². The highest BCUT2D eigenvalue weighted by atomic mass is 16.6. The molecule has 114 valence electrons. The van der Waals surface area contributed by atoms with Gasteiger partial charge in [0.15, 0.2) is 11.5 Å². The molecule has 0 atom stereocenters. The molecule has 0 aliphatic carbocycles. The zero-order valence-corrected chi connectivity index (χ0v) is 13.2. The van der Waals surface area contributed by atoms with Crippen molar-refractivity contribution in [3.05, 3.63) is 41.6 Å². The van der Waals surface area contributed by atoms with Crippen LogP contribution in [0.1, 0.15) is 26.3 Å². The lowest BCUT2D eigenvalue weighted by molar-refractivity contribution is -0.148. The Balaban J connectivity index is 2.66. The Bertz CT molecular complexity index is 546. The first-order valence-corrected chi connectivity index (χ1v) is 6.70. The maximum absolute atomic E-state index is 11.5. The van der Waals surface area contributed by atoms with Crippen molar-refractivity contribution in [1.29, 1.82) is 0 Å². The molecule has 0 bridgehead atoms. The molecule has 4 nitrogen and oxygen atoms in total. The molecular weight excluding hydrogens is 268 g/mol. The van der Waals surface area contributed by atoms with Crippen molar-refractivity contribution in [1.82, 2.24) is 0 Å². The monoisotopic (exact) mass is 290 g/mol. The second-order valence-corrected chi connectivity index (χ2v) is 5.44. The third-order valence-corrected chi connectivity index (χ3v) is 2.51. The van der Waals surface area contributed by atoms with E-state index in [4.69, 9.17) is 14.2 Å². The Hall–Kier alpha value is -2.19. The van der Waals surface area contributed by atoms with Crippen LogP contribution in [0, 0.1) is 0 Å². The van der Waals surface area contributed by atoms with E-state index in [9.17, 15) is 4.79 Å². The molecule has 0 heterocycles. The highest BCUT2D eigenvalue weighted by Gasteiger charge is 2.13. The van der Waals surface area contributed by atoms with E-state index in [0.29, 0.717) is 17.9 Å². The predicted octanol–water partition coefficient (Wildman–Crippen LogP) is 3.30. The minimum Gasteiger partial charge on any atom is -0.493 e. The normalized spacial score (nSPS) is 10.3. The fourth-order valence-corrected chi connectivity index (χ4v) is 1.64. The highest BCUT2D eigenvalue weighted by molar-refractivity contribution is 5.82. The first-order valence-electron chi connectivity index (χ1n) is 6.70. The molecule has 0 spiro atoms. The standard InChI is InChI=1S/C17H22O4/c1-17(2,3)21-16(18)9-7-6-8-13-10-11-14(19-4)15(12-13)20-5/h6,9-12H,8H2,1-5H3. The van der Waals surface area contributed by atoms with Crippen LogP contribution in [-0.4, -0.2) is 25.8 Å². The SMILES string of the molecule is COc1ccc(CC=C=CC(=O)OC(C)(C)C)cc1OC. The molecule has 4 heteroatoms. The van der Waals surface area contributed by atoms with Crippen molar-refractivity contribution in [2.45, 2.75) is 32.8 Å². The largest absolute Gasteiger partial charge is 0.493 e. The molecule has 0 radical (unpaired) electrons. The van der Waals surface area contributed by atoms with Crippen molar-refractivity contribution in [3.8, 4) is 11.5 Å². The summed E-state index contributed by atoms with van der Waals surface area (Å²) in [7, 11) is 3.20. The number of hydrogen-bond acceptors (Lipinski definition) is 4. The number of ether oxygens (including phenoxy) is 3. The van der Waals surface area contributed by atoms with Crippen molar-refractivity contribution in [2.75, 3.05) is 14.2 Å². The molecule has 0 saturated heterocycles. The summed E-state index contributed by atoms with van der Waals surface area (Å²) >= 11 is 0. The number of carbonyl (C=O) groups is 1. The van der Waals surface area contributed by atoms with Crippen molar-refractivity contribution in [3.63, 3.8) is 0 Å². The van der Waals surface area contributed by atoms with E-state index < -0.39 is 11.6 Å². The van der Waals surface area contributed by atoms with Crippen LogP contribution in [0.15, 0.2) is 36.1 Å². The summed E-state index contributed by atoms with van der Waals surface area (Å²) in [6, 6.07) is 5.68. The first kappa shape index (κ1) is 16.9. The van der Waals surface area contributed by atoms with Gasteiger partial charge in [0.25, 0.3) is 0 Å². The summed E-state index contributed by atoms with van der Waals surface area (Å²) < 4.78 is 15.6. The zero-order chi connectivity index (χ0) is 15.9. The van der Waals surface area contributed by atoms with Crippen LogP contribution >= 0.6 is 0 Å². The Labute approximate surface area is 126 Å². The Kier molecular flexibility index (Phi) is 6.07. The quantitative estimate of drug-likeness (QED) is 0.474. The van der Waals surface area contributed by atoms with Gasteiger partial charge in [-0.25, -0.2) is 4.79 Å². The van der Waals surface area contributed by atoms with Crippen LogP contribution in [0.4, 0.5) is 0 Å².